The summed E-state index contributed by atoms with van der Waals surface area (Å²) in [5.41, 5.74) is -3.05. The molecule has 0 aromatic heterocycles. The summed E-state index contributed by atoms with van der Waals surface area (Å²) in [5.74, 6) is -4.15. The van der Waals surface area contributed by atoms with Gasteiger partial charge in [-0.2, -0.15) is 0 Å². The Labute approximate surface area is 146 Å². The van der Waals surface area contributed by atoms with Crippen LogP contribution in [0.3, 0.4) is 0 Å². The smallest absolute Gasteiger partial charge is 0.347 e. The molecule has 0 aliphatic heterocycles. The van der Waals surface area contributed by atoms with Crippen molar-refractivity contribution in [1.82, 2.24) is 0 Å². The van der Waals surface area contributed by atoms with Crippen LogP contribution in [0.1, 0.15) is 12.0 Å². The fourth-order valence-electron chi connectivity index (χ4n) is 2.24. The Balaban J connectivity index is 3.67. The van der Waals surface area contributed by atoms with Crippen LogP contribution in [0.25, 0.3) is 0 Å². The third-order valence-electron chi connectivity index (χ3n) is 3.60. The maximum atomic E-state index is 12.0. The van der Waals surface area contributed by atoms with Gasteiger partial charge < -0.3 is 29.8 Å². The van der Waals surface area contributed by atoms with Crippen LogP contribution in [0, 0.1) is 0 Å². The Bertz CT molecular complexity index is 752. The highest BCUT2D eigenvalue weighted by molar-refractivity contribution is 7.98. The van der Waals surface area contributed by atoms with E-state index in [2.05, 4.69) is 0 Å². The van der Waals surface area contributed by atoms with Crippen molar-refractivity contribution in [2.24, 2.45) is 0 Å². The monoisotopic (exact) mass is 414 g/mol. The second-order valence-electron chi connectivity index (χ2n) is 5.09. The van der Waals surface area contributed by atoms with Gasteiger partial charge in [0.05, 0.1) is 0 Å². The molecule has 2 atom stereocenters. The lowest BCUT2D eigenvalue weighted by Crippen LogP contribution is -2.41. The molecule has 25 heavy (non-hydrogen) atoms. The minimum Gasteiger partial charge on any atom is -0.481 e. The van der Waals surface area contributed by atoms with E-state index in [1.807, 2.05) is 0 Å². The molecule has 0 aliphatic carbocycles. The Morgan fingerprint density at radius 1 is 1.08 bits per heavy atom. The van der Waals surface area contributed by atoms with Gasteiger partial charge in [-0.3, -0.25) is 18.7 Å². The lowest BCUT2D eigenvalue weighted by atomic mass is 9.93. The standard InChI is InChI=1S/C12H16O10P2S/c1-25-8-4-2-7(3-5-8)12(11(15)16,24(20,21)22)6-9(10(13)14)23(17,18)19/h2-5,9H,6H2,1H3,(H,13,14)(H,15,16)(H2,17,18,19)(H2,20,21,22). The molecule has 0 spiro atoms. The average molecular weight is 414 g/mol. The summed E-state index contributed by atoms with van der Waals surface area (Å²) in [5, 5.41) is 15.4. The van der Waals surface area contributed by atoms with Gasteiger partial charge in [0.1, 0.15) is 0 Å². The number of hydrogen-bond acceptors (Lipinski definition) is 5. The van der Waals surface area contributed by atoms with Crippen molar-refractivity contribution in [3.8, 4) is 0 Å². The fraction of sp³-hybridized carbons (Fsp3) is 0.333. The summed E-state index contributed by atoms with van der Waals surface area (Å²) in [6.07, 6.45) is 0.224. The molecule has 6 N–H and O–H groups in total. The number of hydrogen-bond donors (Lipinski definition) is 6. The van der Waals surface area contributed by atoms with Gasteiger partial charge in [0.2, 0.25) is 0 Å². The van der Waals surface area contributed by atoms with E-state index in [0.717, 1.165) is 12.1 Å². The summed E-state index contributed by atoms with van der Waals surface area (Å²) < 4.78 is 23.4. The van der Waals surface area contributed by atoms with Crippen LogP contribution in [0.5, 0.6) is 0 Å². The first-order chi connectivity index (χ1) is 11.3. The van der Waals surface area contributed by atoms with Gasteiger partial charge in [0.25, 0.3) is 0 Å². The lowest BCUT2D eigenvalue weighted by Gasteiger charge is -2.32. The lowest BCUT2D eigenvalue weighted by molar-refractivity contribution is -0.142. The largest absolute Gasteiger partial charge is 0.481 e. The molecule has 1 aromatic rings. The first kappa shape index (κ1) is 21.9. The van der Waals surface area contributed by atoms with Crippen LogP contribution in [0.4, 0.5) is 0 Å². The maximum Gasteiger partial charge on any atom is 0.347 e. The maximum absolute atomic E-state index is 12.0. The molecule has 13 heteroatoms. The van der Waals surface area contributed by atoms with E-state index in [1.54, 1.807) is 6.26 Å². The molecule has 1 rings (SSSR count). The average Bonchev–Trinajstić information content (AvgIpc) is 2.45. The molecule has 0 radical (unpaired) electrons. The first-order valence-electron chi connectivity index (χ1n) is 6.49. The van der Waals surface area contributed by atoms with Gasteiger partial charge in [-0.1, -0.05) is 12.1 Å². The van der Waals surface area contributed by atoms with E-state index in [0.29, 0.717) is 4.90 Å². The van der Waals surface area contributed by atoms with Crippen LogP contribution >= 0.6 is 27.0 Å². The van der Waals surface area contributed by atoms with Gasteiger partial charge in [-0.05, 0) is 24.0 Å². The molecular formula is C12H16O10P2S. The van der Waals surface area contributed by atoms with E-state index in [9.17, 15) is 33.6 Å². The van der Waals surface area contributed by atoms with Crippen molar-refractivity contribution in [1.29, 1.82) is 0 Å². The minimum atomic E-state index is -5.58. The van der Waals surface area contributed by atoms with E-state index < -0.39 is 49.9 Å². The van der Waals surface area contributed by atoms with Crippen molar-refractivity contribution in [2.75, 3.05) is 6.26 Å². The Morgan fingerprint density at radius 2 is 1.56 bits per heavy atom. The van der Waals surface area contributed by atoms with Crippen LogP contribution in [-0.2, 0) is 23.9 Å². The summed E-state index contributed by atoms with van der Waals surface area (Å²) in [6.45, 7) is 0. The minimum absolute atomic E-state index is 0.453. The van der Waals surface area contributed by atoms with Crippen LogP contribution in [0.15, 0.2) is 29.2 Å². The number of carboxylic acids is 2. The highest BCUT2D eigenvalue weighted by atomic mass is 32.2. The zero-order valence-electron chi connectivity index (χ0n) is 12.7. The van der Waals surface area contributed by atoms with Crippen LogP contribution < -0.4 is 0 Å². The van der Waals surface area contributed by atoms with E-state index in [-0.39, 0.29) is 0 Å². The molecule has 0 fully saturated rings. The SMILES string of the molecule is CSc1ccc(C(CC(C(=O)O)P(=O)(O)O)(C(=O)O)P(=O)(O)O)cc1. The van der Waals surface area contributed by atoms with E-state index >= 15 is 0 Å². The van der Waals surface area contributed by atoms with Crippen LogP contribution in [-0.4, -0.2) is 53.6 Å². The van der Waals surface area contributed by atoms with Gasteiger partial charge in [-0.25, -0.2) is 0 Å². The van der Waals surface area contributed by atoms with Gasteiger partial charge in [-0.15, -0.1) is 11.8 Å². The predicted molar refractivity (Wildman–Crippen MR) is 87.7 cm³/mol. The normalized spacial score (nSPS) is 16.0. The Morgan fingerprint density at radius 3 is 1.84 bits per heavy atom. The van der Waals surface area contributed by atoms with Crippen LogP contribution in [0.2, 0.25) is 0 Å². The number of carbonyl (C=O) groups is 2. The highest BCUT2D eigenvalue weighted by Gasteiger charge is 2.59. The molecule has 140 valence electrons. The second kappa shape index (κ2) is 7.59. The molecule has 0 amide bonds. The number of thioether (sulfide) groups is 1. The highest BCUT2D eigenvalue weighted by Crippen LogP contribution is 2.62. The molecule has 0 heterocycles. The van der Waals surface area contributed by atoms with Crippen molar-refractivity contribution in [2.45, 2.75) is 22.1 Å². The van der Waals surface area contributed by atoms with E-state index in [4.69, 9.17) is 14.9 Å². The first-order valence-corrected chi connectivity index (χ1v) is 11.0. The summed E-state index contributed by atoms with van der Waals surface area (Å²) in [7, 11) is -11.0. The molecular weight excluding hydrogens is 398 g/mol. The van der Waals surface area contributed by atoms with Gasteiger partial charge >= 0.3 is 27.1 Å². The molecule has 0 bridgehead atoms. The third kappa shape index (κ3) is 4.51. The number of aliphatic carboxylic acids is 2. The van der Waals surface area contributed by atoms with Crippen molar-refractivity contribution in [3.63, 3.8) is 0 Å². The van der Waals surface area contributed by atoms with E-state index in [1.165, 1.54) is 23.9 Å². The van der Waals surface area contributed by atoms with Gasteiger partial charge in [0.15, 0.2) is 10.8 Å². The molecule has 0 aliphatic rings. The summed E-state index contributed by atoms with van der Waals surface area (Å²) in [4.78, 5) is 61.2. The Kier molecular flexibility index (Phi) is 6.63. The molecule has 1 aromatic carbocycles. The fourth-order valence-corrected chi connectivity index (χ4v) is 4.74. The number of benzene rings is 1. The van der Waals surface area contributed by atoms with Crippen molar-refractivity contribution < 1.29 is 48.5 Å². The molecule has 10 nitrogen and oxygen atoms in total. The number of rotatable bonds is 8. The predicted octanol–water partition coefficient (Wildman–Crippen LogP) is 0.887. The molecule has 2 unspecified atom stereocenters. The quantitative estimate of drug-likeness (QED) is 0.262. The van der Waals surface area contributed by atoms with Crippen molar-refractivity contribution in [3.05, 3.63) is 29.8 Å². The zero-order chi connectivity index (χ0) is 19.6. The topological polar surface area (TPSA) is 190 Å². The second-order valence-corrected chi connectivity index (χ2v) is 9.62. The Hall–Kier alpha value is -1.19. The number of carboxylic acid groups (broad SMARTS) is 2. The zero-order valence-corrected chi connectivity index (χ0v) is 15.3. The van der Waals surface area contributed by atoms with Crippen molar-refractivity contribution >= 4 is 38.9 Å². The molecule has 0 saturated heterocycles. The molecule has 0 saturated carbocycles. The summed E-state index contributed by atoms with van der Waals surface area (Å²) >= 11 is 1.27. The third-order valence-corrected chi connectivity index (χ3v) is 7.18. The van der Waals surface area contributed by atoms with Gasteiger partial charge in [0, 0.05) is 11.3 Å². The summed E-state index contributed by atoms with van der Waals surface area (Å²) in [6, 6.07) is 4.89.